The zero-order valence-electron chi connectivity index (χ0n) is 15.2. The number of aryl methyl sites for hydroxylation is 1. The minimum absolute atomic E-state index is 0.00867. The minimum Gasteiger partial charge on any atom is -0.497 e. The Hall–Kier alpha value is -2.24. The predicted molar refractivity (Wildman–Crippen MR) is 106 cm³/mol. The fourth-order valence-electron chi connectivity index (χ4n) is 3.17. The number of hydrogen-bond donors (Lipinski definition) is 1. The van der Waals surface area contributed by atoms with Gasteiger partial charge in [0.2, 0.25) is 5.91 Å². The Morgan fingerprint density at radius 2 is 1.92 bits per heavy atom. The summed E-state index contributed by atoms with van der Waals surface area (Å²) in [5.74, 6) is 0.721. The topological polar surface area (TPSA) is 44.8 Å². The maximum atomic E-state index is 12.3. The molecule has 0 aliphatic carbocycles. The highest BCUT2D eigenvalue weighted by Crippen LogP contribution is 2.25. The molecule has 0 unspecified atom stereocenters. The molecule has 138 valence electrons. The number of benzene rings is 2. The van der Waals surface area contributed by atoms with E-state index in [1.807, 2.05) is 42.5 Å². The van der Waals surface area contributed by atoms with Crippen molar-refractivity contribution in [3.8, 4) is 5.75 Å². The Morgan fingerprint density at radius 3 is 2.65 bits per heavy atom. The van der Waals surface area contributed by atoms with Gasteiger partial charge in [-0.2, -0.15) is 0 Å². The Labute approximate surface area is 159 Å². The van der Waals surface area contributed by atoms with Gasteiger partial charge in [-0.15, -0.1) is 0 Å². The van der Waals surface area contributed by atoms with E-state index in [-0.39, 0.29) is 5.91 Å². The summed E-state index contributed by atoms with van der Waals surface area (Å²) in [6.45, 7) is 5.94. The van der Waals surface area contributed by atoms with Gasteiger partial charge in [-0.25, -0.2) is 0 Å². The zero-order chi connectivity index (χ0) is 18.5. The largest absolute Gasteiger partial charge is 0.497 e. The number of rotatable bonds is 5. The second-order valence-electron chi connectivity index (χ2n) is 6.47. The highest BCUT2D eigenvalue weighted by Gasteiger charge is 2.20. The number of ether oxygens (including phenoxy) is 1. The van der Waals surface area contributed by atoms with Crippen LogP contribution < -0.4 is 15.0 Å². The van der Waals surface area contributed by atoms with Crippen molar-refractivity contribution in [1.82, 2.24) is 4.90 Å². The highest BCUT2D eigenvalue weighted by molar-refractivity contribution is 6.30. The van der Waals surface area contributed by atoms with Gasteiger partial charge in [-0.3, -0.25) is 9.69 Å². The molecular formula is C20H24ClN3O2. The molecule has 6 heteroatoms. The number of halogens is 1. The molecule has 26 heavy (non-hydrogen) atoms. The lowest BCUT2D eigenvalue weighted by molar-refractivity contribution is -0.117. The maximum absolute atomic E-state index is 12.3. The first-order chi connectivity index (χ1) is 12.5. The SMILES string of the molecule is COc1cccc(NC(=O)CN2CCN(c3cc(Cl)ccc3C)CC2)c1. The molecule has 0 radical (unpaired) electrons. The van der Waals surface area contributed by atoms with Crippen molar-refractivity contribution in [1.29, 1.82) is 0 Å². The molecule has 0 bridgehead atoms. The van der Waals surface area contributed by atoms with E-state index in [1.165, 1.54) is 11.3 Å². The van der Waals surface area contributed by atoms with Crippen LogP contribution in [0.1, 0.15) is 5.56 Å². The van der Waals surface area contributed by atoms with Crippen LogP contribution >= 0.6 is 11.6 Å². The van der Waals surface area contributed by atoms with Crippen LogP contribution in [0.4, 0.5) is 11.4 Å². The van der Waals surface area contributed by atoms with Gasteiger partial charge in [0.25, 0.3) is 0 Å². The van der Waals surface area contributed by atoms with Crippen molar-refractivity contribution in [3.05, 3.63) is 53.1 Å². The van der Waals surface area contributed by atoms with Crippen LogP contribution in [0.25, 0.3) is 0 Å². The van der Waals surface area contributed by atoms with Crippen molar-refractivity contribution in [3.63, 3.8) is 0 Å². The van der Waals surface area contributed by atoms with Crippen molar-refractivity contribution in [2.45, 2.75) is 6.92 Å². The van der Waals surface area contributed by atoms with E-state index in [9.17, 15) is 4.79 Å². The van der Waals surface area contributed by atoms with Gasteiger partial charge in [0, 0.05) is 48.6 Å². The molecule has 1 aliphatic heterocycles. The highest BCUT2D eigenvalue weighted by atomic mass is 35.5. The Balaban J connectivity index is 1.52. The minimum atomic E-state index is -0.00867. The van der Waals surface area contributed by atoms with Crippen LogP contribution in [-0.2, 0) is 4.79 Å². The number of nitrogens with one attached hydrogen (secondary N) is 1. The fourth-order valence-corrected chi connectivity index (χ4v) is 3.34. The van der Waals surface area contributed by atoms with Crippen LogP contribution in [0.5, 0.6) is 5.75 Å². The molecule has 3 rings (SSSR count). The molecule has 1 saturated heterocycles. The molecule has 5 nitrogen and oxygen atoms in total. The summed E-state index contributed by atoms with van der Waals surface area (Å²) in [5, 5.41) is 3.69. The number of amides is 1. The fraction of sp³-hybridized carbons (Fsp3) is 0.350. The van der Waals surface area contributed by atoms with Crippen molar-refractivity contribution in [2.75, 3.05) is 50.1 Å². The smallest absolute Gasteiger partial charge is 0.238 e. The van der Waals surface area contributed by atoms with Crippen LogP contribution in [0.2, 0.25) is 5.02 Å². The summed E-state index contributed by atoms with van der Waals surface area (Å²) in [4.78, 5) is 16.8. The molecule has 2 aromatic rings. The number of anilines is 2. The number of carbonyl (C=O) groups excluding carboxylic acids is 1. The second kappa shape index (κ2) is 8.43. The van der Waals surface area contributed by atoms with Crippen molar-refractivity contribution >= 4 is 28.9 Å². The third-order valence-electron chi connectivity index (χ3n) is 4.60. The average molecular weight is 374 g/mol. The first-order valence-corrected chi connectivity index (χ1v) is 9.10. The summed E-state index contributed by atoms with van der Waals surface area (Å²) in [6, 6.07) is 13.4. The standard InChI is InChI=1S/C20H24ClN3O2/c1-15-6-7-16(21)12-19(15)24-10-8-23(9-11-24)14-20(25)22-17-4-3-5-18(13-17)26-2/h3-7,12-13H,8-11,14H2,1-2H3,(H,22,25). The Morgan fingerprint density at radius 1 is 1.15 bits per heavy atom. The van der Waals surface area contributed by atoms with E-state index in [1.54, 1.807) is 7.11 Å². The predicted octanol–water partition coefficient (Wildman–Crippen LogP) is 3.42. The van der Waals surface area contributed by atoms with E-state index in [0.717, 1.165) is 42.6 Å². The van der Waals surface area contributed by atoms with Gasteiger partial charge in [0.15, 0.2) is 0 Å². The first kappa shape index (κ1) is 18.5. The first-order valence-electron chi connectivity index (χ1n) is 8.72. The number of hydrogen-bond acceptors (Lipinski definition) is 4. The normalized spacial score (nSPS) is 15.0. The summed E-state index contributed by atoms with van der Waals surface area (Å²) in [6.07, 6.45) is 0. The Kier molecular flexibility index (Phi) is 6.01. The molecule has 0 aromatic heterocycles. The maximum Gasteiger partial charge on any atom is 0.238 e. The van der Waals surface area contributed by atoms with Gasteiger partial charge in [0.05, 0.1) is 13.7 Å². The molecule has 1 N–H and O–H groups in total. The van der Waals surface area contributed by atoms with Gasteiger partial charge in [0.1, 0.15) is 5.75 Å². The third-order valence-corrected chi connectivity index (χ3v) is 4.84. The van der Waals surface area contributed by atoms with Crippen LogP contribution in [0, 0.1) is 6.92 Å². The van der Waals surface area contributed by atoms with Crippen molar-refractivity contribution in [2.24, 2.45) is 0 Å². The number of nitrogens with zero attached hydrogens (tertiary/aromatic N) is 2. The monoisotopic (exact) mass is 373 g/mol. The molecule has 1 aliphatic rings. The lowest BCUT2D eigenvalue weighted by atomic mass is 10.1. The van der Waals surface area contributed by atoms with Gasteiger partial charge in [-0.05, 0) is 36.8 Å². The van der Waals surface area contributed by atoms with E-state index in [2.05, 4.69) is 22.0 Å². The quantitative estimate of drug-likeness (QED) is 0.872. The molecule has 0 saturated carbocycles. The lowest BCUT2D eigenvalue weighted by Crippen LogP contribution is -2.48. The number of methoxy groups -OCH3 is 1. The molecule has 0 spiro atoms. The van der Waals surface area contributed by atoms with Crippen molar-refractivity contribution < 1.29 is 9.53 Å². The molecule has 0 atom stereocenters. The van der Waals surface area contributed by atoms with Crippen LogP contribution in [0.3, 0.4) is 0 Å². The summed E-state index contributed by atoms with van der Waals surface area (Å²) in [5.41, 5.74) is 3.15. The average Bonchev–Trinajstić information content (AvgIpc) is 2.64. The molecular weight excluding hydrogens is 350 g/mol. The van der Waals surface area contributed by atoms with E-state index in [4.69, 9.17) is 16.3 Å². The summed E-state index contributed by atoms with van der Waals surface area (Å²) < 4.78 is 5.18. The van der Waals surface area contributed by atoms with Gasteiger partial charge in [-0.1, -0.05) is 23.7 Å². The van der Waals surface area contributed by atoms with Crippen LogP contribution in [-0.4, -0.2) is 50.6 Å². The van der Waals surface area contributed by atoms with Gasteiger partial charge < -0.3 is 15.0 Å². The summed E-state index contributed by atoms with van der Waals surface area (Å²) in [7, 11) is 1.61. The molecule has 1 fully saturated rings. The van der Waals surface area contributed by atoms with E-state index >= 15 is 0 Å². The molecule has 2 aromatic carbocycles. The van der Waals surface area contributed by atoms with E-state index in [0.29, 0.717) is 6.54 Å². The lowest BCUT2D eigenvalue weighted by Gasteiger charge is -2.36. The molecule has 1 amide bonds. The second-order valence-corrected chi connectivity index (χ2v) is 6.91. The van der Waals surface area contributed by atoms with Crippen LogP contribution in [0.15, 0.2) is 42.5 Å². The molecule has 1 heterocycles. The number of carbonyl (C=O) groups is 1. The van der Waals surface area contributed by atoms with Gasteiger partial charge >= 0.3 is 0 Å². The number of piperazine rings is 1. The zero-order valence-corrected chi connectivity index (χ0v) is 15.9. The summed E-state index contributed by atoms with van der Waals surface area (Å²) >= 11 is 6.13. The third kappa shape index (κ3) is 4.68. The van der Waals surface area contributed by atoms with E-state index < -0.39 is 0 Å². The Bertz CT molecular complexity index is 773.